The van der Waals surface area contributed by atoms with E-state index in [9.17, 15) is 23.2 Å². The maximum absolute atomic E-state index is 13.9. The second kappa shape index (κ2) is 10.1. The maximum Gasteiger partial charge on any atom is 0.330 e. The minimum atomic E-state index is -0.938. The average Bonchev–Trinajstić information content (AvgIpc) is 3.26. The number of benzene rings is 3. The average molecular weight is 474 g/mol. The SMILES string of the molecule is CCOC(=O)C=Cc1cccc(C(=O)C(C(=O)c2cc(F)cc(F)c2)=C2Nc3ccccc3N2)c1. The molecule has 176 valence electrons. The Morgan fingerprint density at radius 3 is 2.09 bits per heavy atom. The maximum atomic E-state index is 13.9. The van der Waals surface area contributed by atoms with Crippen LogP contribution in [0.3, 0.4) is 0 Å². The molecule has 0 bridgehead atoms. The van der Waals surface area contributed by atoms with Gasteiger partial charge in [0.1, 0.15) is 23.0 Å². The number of Topliss-reactive ketones (excluding diaryl/α,β-unsaturated/α-hetero) is 2. The summed E-state index contributed by atoms with van der Waals surface area (Å²) in [4.78, 5) is 38.6. The van der Waals surface area contributed by atoms with Crippen molar-refractivity contribution in [3.05, 3.63) is 113 Å². The number of hydrogen-bond acceptors (Lipinski definition) is 6. The zero-order valence-electron chi connectivity index (χ0n) is 18.6. The summed E-state index contributed by atoms with van der Waals surface area (Å²) in [5, 5.41) is 6.00. The van der Waals surface area contributed by atoms with Gasteiger partial charge in [-0.2, -0.15) is 0 Å². The lowest BCUT2D eigenvalue weighted by molar-refractivity contribution is -0.137. The molecular formula is C27H20F2N2O4. The van der Waals surface area contributed by atoms with Crippen LogP contribution in [0.4, 0.5) is 20.2 Å². The fraction of sp³-hybridized carbons (Fsp3) is 0.0741. The van der Waals surface area contributed by atoms with E-state index >= 15 is 0 Å². The van der Waals surface area contributed by atoms with Crippen molar-refractivity contribution in [1.82, 2.24) is 0 Å². The van der Waals surface area contributed by atoms with E-state index in [0.29, 0.717) is 23.0 Å². The Balaban J connectivity index is 1.76. The first-order valence-corrected chi connectivity index (χ1v) is 10.7. The van der Waals surface area contributed by atoms with E-state index in [0.717, 1.165) is 12.1 Å². The lowest BCUT2D eigenvalue weighted by atomic mass is 9.94. The van der Waals surface area contributed by atoms with E-state index in [1.165, 1.54) is 24.3 Å². The van der Waals surface area contributed by atoms with Crippen LogP contribution in [-0.4, -0.2) is 24.1 Å². The molecule has 0 unspecified atom stereocenters. The van der Waals surface area contributed by atoms with Crippen LogP contribution < -0.4 is 10.6 Å². The molecule has 0 aliphatic carbocycles. The lowest BCUT2D eigenvalue weighted by Gasteiger charge is -2.12. The zero-order valence-corrected chi connectivity index (χ0v) is 18.6. The van der Waals surface area contributed by atoms with Crippen LogP contribution in [0.2, 0.25) is 0 Å². The Hall–Kier alpha value is -4.59. The molecule has 1 heterocycles. The second-order valence-corrected chi connectivity index (χ2v) is 7.57. The van der Waals surface area contributed by atoms with Crippen LogP contribution in [0.25, 0.3) is 6.08 Å². The Kier molecular flexibility index (Phi) is 6.82. The molecule has 1 aliphatic heterocycles. The third-order valence-corrected chi connectivity index (χ3v) is 5.12. The van der Waals surface area contributed by atoms with Gasteiger partial charge in [-0.25, -0.2) is 13.6 Å². The summed E-state index contributed by atoms with van der Waals surface area (Å²) in [6, 6.07) is 15.7. The number of rotatable bonds is 7. The number of halogens is 2. The van der Waals surface area contributed by atoms with Gasteiger partial charge in [0, 0.05) is 23.3 Å². The molecule has 4 rings (SSSR count). The molecule has 0 fully saturated rings. The first-order valence-electron chi connectivity index (χ1n) is 10.7. The number of carbonyl (C=O) groups is 3. The molecular weight excluding hydrogens is 454 g/mol. The van der Waals surface area contributed by atoms with Gasteiger partial charge in [-0.05, 0) is 48.9 Å². The number of esters is 1. The van der Waals surface area contributed by atoms with Gasteiger partial charge >= 0.3 is 5.97 Å². The number of ketones is 2. The van der Waals surface area contributed by atoms with Crippen molar-refractivity contribution >= 4 is 35.0 Å². The highest BCUT2D eigenvalue weighted by atomic mass is 19.1. The van der Waals surface area contributed by atoms with E-state index in [1.54, 1.807) is 43.3 Å². The number of allylic oxidation sites excluding steroid dienone is 1. The summed E-state index contributed by atoms with van der Waals surface area (Å²) in [5.41, 5.74) is 1.31. The third-order valence-electron chi connectivity index (χ3n) is 5.12. The molecule has 0 aromatic heterocycles. The Morgan fingerprint density at radius 1 is 0.829 bits per heavy atom. The molecule has 0 radical (unpaired) electrons. The van der Waals surface area contributed by atoms with Gasteiger partial charge in [-0.1, -0.05) is 30.3 Å². The summed E-state index contributed by atoms with van der Waals surface area (Å²) in [5.74, 6) is -3.85. The lowest BCUT2D eigenvalue weighted by Crippen LogP contribution is -2.21. The summed E-state index contributed by atoms with van der Waals surface area (Å²) < 4.78 is 32.6. The van der Waals surface area contributed by atoms with Crippen molar-refractivity contribution in [2.75, 3.05) is 17.2 Å². The number of carbonyl (C=O) groups excluding carboxylic acids is 3. The van der Waals surface area contributed by atoms with Crippen LogP contribution in [0.1, 0.15) is 33.2 Å². The molecule has 2 N–H and O–H groups in total. The van der Waals surface area contributed by atoms with Crippen molar-refractivity contribution < 1.29 is 27.9 Å². The van der Waals surface area contributed by atoms with Gasteiger partial charge in [0.2, 0.25) is 11.6 Å². The van der Waals surface area contributed by atoms with E-state index in [-0.39, 0.29) is 29.1 Å². The smallest absolute Gasteiger partial charge is 0.330 e. The second-order valence-electron chi connectivity index (χ2n) is 7.57. The first-order chi connectivity index (χ1) is 16.9. The topological polar surface area (TPSA) is 84.5 Å². The Labute approximate surface area is 199 Å². The van der Waals surface area contributed by atoms with E-state index < -0.39 is 29.2 Å². The highest BCUT2D eigenvalue weighted by Crippen LogP contribution is 2.33. The van der Waals surface area contributed by atoms with E-state index in [4.69, 9.17) is 4.74 Å². The largest absolute Gasteiger partial charge is 0.463 e. The zero-order chi connectivity index (χ0) is 24.9. The molecule has 8 heteroatoms. The fourth-order valence-corrected chi connectivity index (χ4v) is 3.57. The monoisotopic (exact) mass is 474 g/mol. The standard InChI is InChI=1S/C27H20F2N2O4/c1-2-35-23(32)11-10-16-6-5-7-17(12-16)25(33)24(26(34)18-13-19(28)15-20(29)14-18)27-30-21-8-3-4-9-22(21)31-27/h3-15,30-31H,2H2,1H3. The number of ether oxygens (including phenoxy) is 1. The minimum Gasteiger partial charge on any atom is -0.463 e. The van der Waals surface area contributed by atoms with Gasteiger partial charge in [0.25, 0.3) is 0 Å². The van der Waals surface area contributed by atoms with Crippen molar-refractivity contribution in [3.63, 3.8) is 0 Å². The normalized spacial score (nSPS) is 12.0. The first kappa shape index (κ1) is 23.6. The van der Waals surface area contributed by atoms with Crippen molar-refractivity contribution in [2.45, 2.75) is 6.92 Å². The Morgan fingerprint density at radius 2 is 1.46 bits per heavy atom. The predicted octanol–water partition coefficient (Wildman–Crippen LogP) is 5.36. The molecule has 1 aliphatic rings. The number of fused-ring (bicyclic) bond motifs is 1. The van der Waals surface area contributed by atoms with Gasteiger partial charge < -0.3 is 15.4 Å². The van der Waals surface area contributed by atoms with Crippen molar-refractivity contribution in [3.8, 4) is 0 Å². The molecule has 3 aromatic carbocycles. The van der Waals surface area contributed by atoms with Gasteiger partial charge in [0.15, 0.2) is 0 Å². The molecule has 0 atom stereocenters. The summed E-state index contributed by atoms with van der Waals surface area (Å²) in [6.07, 6.45) is 2.71. The molecule has 0 saturated heterocycles. The Bertz CT molecular complexity index is 1350. The quantitative estimate of drug-likeness (QED) is 0.158. The number of hydrogen-bond donors (Lipinski definition) is 2. The fourth-order valence-electron chi connectivity index (χ4n) is 3.57. The molecule has 35 heavy (non-hydrogen) atoms. The van der Waals surface area contributed by atoms with Crippen LogP contribution >= 0.6 is 0 Å². The van der Waals surface area contributed by atoms with Crippen LogP contribution in [0, 0.1) is 11.6 Å². The van der Waals surface area contributed by atoms with Gasteiger partial charge in [-0.15, -0.1) is 0 Å². The molecule has 3 aromatic rings. The van der Waals surface area contributed by atoms with Crippen LogP contribution in [0.5, 0.6) is 0 Å². The van der Waals surface area contributed by atoms with Gasteiger partial charge in [-0.3, -0.25) is 9.59 Å². The molecule has 0 spiro atoms. The van der Waals surface area contributed by atoms with E-state index in [1.807, 2.05) is 0 Å². The minimum absolute atomic E-state index is 0.0957. The highest BCUT2D eigenvalue weighted by molar-refractivity contribution is 6.32. The summed E-state index contributed by atoms with van der Waals surface area (Å²) in [7, 11) is 0. The van der Waals surface area contributed by atoms with Crippen LogP contribution in [-0.2, 0) is 9.53 Å². The summed E-state index contributed by atoms with van der Waals surface area (Å²) in [6.45, 7) is 1.91. The highest BCUT2D eigenvalue weighted by Gasteiger charge is 2.29. The van der Waals surface area contributed by atoms with Crippen LogP contribution in [0.15, 0.2) is 84.2 Å². The number of para-hydroxylation sites is 2. The molecule has 0 amide bonds. The molecule has 6 nitrogen and oxygen atoms in total. The van der Waals surface area contributed by atoms with Crippen molar-refractivity contribution in [2.24, 2.45) is 0 Å². The predicted molar refractivity (Wildman–Crippen MR) is 128 cm³/mol. The number of anilines is 2. The van der Waals surface area contributed by atoms with Crippen molar-refractivity contribution in [1.29, 1.82) is 0 Å². The van der Waals surface area contributed by atoms with E-state index in [2.05, 4.69) is 10.6 Å². The van der Waals surface area contributed by atoms with Gasteiger partial charge in [0.05, 0.1) is 18.0 Å². The summed E-state index contributed by atoms with van der Waals surface area (Å²) >= 11 is 0. The molecule has 0 saturated carbocycles. The third kappa shape index (κ3) is 5.33. The number of nitrogens with one attached hydrogen (secondary N) is 2.